The second-order valence-electron chi connectivity index (χ2n) is 4.79. The Labute approximate surface area is 128 Å². The minimum atomic E-state index is -0.582. The SMILES string of the molecule is CC(NCC(O)COc1ccc(C#N)cc1)c1ccsc1. The third-order valence-electron chi connectivity index (χ3n) is 3.13. The number of ether oxygens (including phenoxy) is 1. The number of benzene rings is 1. The van der Waals surface area contributed by atoms with E-state index in [1.165, 1.54) is 5.56 Å². The Balaban J connectivity index is 1.72. The van der Waals surface area contributed by atoms with Gasteiger partial charge in [-0.25, -0.2) is 0 Å². The molecule has 1 aromatic carbocycles. The summed E-state index contributed by atoms with van der Waals surface area (Å²) >= 11 is 1.66. The number of nitrogens with zero attached hydrogens (tertiary/aromatic N) is 1. The van der Waals surface area contributed by atoms with Crippen molar-refractivity contribution in [3.8, 4) is 11.8 Å². The molecule has 110 valence electrons. The number of nitriles is 1. The number of rotatable bonds is 7. The van der Waals surface area contributed by atoms with E-state index in [0.717, 1.165) is 0 Å². The number of aliphatic hydroxyl groups is 1. The lowest BCUT2D eigenvalue weighted by Gasteiger charge is -2.17. The van der Waals surface area contributed by atoms with Gasteiger partial charge in [-0.3, -0.25) is 0 Å². The summed E-state index contributed by atoms with van der Waals surface area (Å²) in [5.74, 6) is 0.652. The second kappa shape index (κ2) is 7.79. The van der Waals surface area contributed by atoms with Crippen LogP contribution in [0, 0.1) is 11.3 Å². The molecule has 0 fully saturated rings. The first kappa shape index (κ1) is 15.5. The fraction of sp³-hybridized carbons (Fsp3) is 0.312. The zero-order chi connectivity index (χ0) is 15.1. The molecule has 0 spiro atoms. The maximum absolute atomic E-state index is 9.92. The molecule has 2 rings (SSSR count). The monoisotopic (exact) mass is 302 g/mol. The van der Waals surface area contributed by atoms with Gasteiger partial charge in [0.25, 0.3) is 0 Å². The molecule has 0 saturated heterocycles. The van der Waals surface area contributed by atoms with Crippen LogP contribution in [-0.2, 0) is 0 Å². The fourth-order valence-electron chi connectivity index (χ4n) is 1.83. The Morgan fingerprint density at radius 3 is 2.71 bits per heavy atom. The van der Waals surface area contributed by atoms with Crippen LogP contribution in [0.5, 0.6) is 5.75 Å². The molecule has 2 aromatic rings. The minimum absolute atomic E-state index is 0.209. The molecule has 1 aromatic heterocycles. The van der Waals surface area contributed by atoms with Gasteiger partial charge in [0.1, 0.15) is 18.5 Å². The van der Waals surface area contributed by atoms with Crippen LogP contribution in [0.15, 0.2) is 41.1 Å². The molecule has 5 heteroatoms. The smallest absolute Gasteiger partial charge is 0.119 e. The Morgan fingerprint density at radius 1 is 1.33 bits per heavy atom. The zero-order valence-corrected chi connectivity index (χ0v) is 12.6. The molecule has 2 atom stereocenters. The minimum Gasteiger partial charge on any atom is -0.491 e. The molecule has 0 aliphatic heterocycles. The van der Waals surface area contributed by atoms with Crippen molar-refractivity contribution < 1.29 is 9.84 Å². The van der Waals surface area contributed by atoms with E-state index in [9.17, 15) is 5.11 Å². The number of hydrogen-bond donors (Lipinski definition) is 2. The number of thiophene rings is 1. The first-order valence-corrected chi connectivity index (χ1v) is 7.70. The molecule has 21 heavy (non-hydrogen) atoms. The highest BCUT2D eigenvalue weighted by Gasteiger charge is 2.09. The van der Waals surface area contributed by atoms with Crippen LogP contribution in [0.25, 0.3) is 0 Å². The molecule has 4 nitrogen and oxygen atoms in total. The van der Waals surface area contributed by atoms with Crippen molar-refractivity contribution in [3.63, 3.8) is 0 Å². The van der Waals surface area contributed by atoms with E-state index >= 15 is 0 Å². The molecule has 0 radical (unpaired) electrons. The van der Waals surface area contributed by atoms with Crippen molar-refractivity contribution in [3.05, 3.63) is 52.2 Å². The summed E-state index contributed by atoms with van der Waals surface area (Å²) in [6.07, 6.45) is -0.582. The van der Waals surface area contributed by atoms with Crippen molar-refractivity contribution in [1.82, 2.24) is 5.32 Å². The van der Waals surface area contributed by atoms with Gasteiger partial charge >= 0.3 is 0 Å². The largest absolute Gasteiger partial charge is 0.491 e. The first-order chi connectivity index (χ1) is 10.2. The van der Waals surface area contributed by atoms with E-state index in [4.69, 9.17) is 10.00 Å². The van der Waals surface area contributed by atoms with Crippen molar-refractivity contribution in [1.29, 1.82) is 5.26 Å². The summed E-state index contributed by atoms with van der Waals surface area (Å²) in [5.41, 5.74) is 1.81. The predicted octanol–water partition coefficient (Wildman–Crippen LogP) is 2.71. The van der Waals surface area contributed by atoms with Gasteiger partial charge in [0.05, 0.1) is 11.6 Å². The zero-order valence-electron chi connectivity index (χ0n) is 11.8. The highest BCUT2D eigenvalue weighted by atomic mass is 32.1. The average molecular weight is 302 g/mol. The average Bonchev–Trinajstić information content (AvgIpc) is 3.05. The van der Waals surface area contributed by atoms with Gasteiger partial charge in [-0.1, -0.05) is 0 Å². The van der Waals surface area contributed by atoms with E-state index in [1.807, 2.05) is 5.38 Å². The summed E-state index contributed by atoms with van der Waals surface area (Å²) < 4.78 is 5.49. The molecule has 2 N–H and O–H groups in total. The van der Waals surface area contributed by atoms with Gasteiger partial charge in [0.2, 0.25) is 0 Å². The van der Waals surface area contributed by atoms with E-state index in [2.05, 4.69) is 29.8 Å². The first-order valence-electron chi connectivity index (χ1n) is 6.75. The maximum Gasteiger partial charge on any atom is 0.119 e. The Kier molecular flexibility index (Phi) is 5.76. The van der Waals surface area contributed by atoms with Crippen LogP contribution in [-0.4, -0.2) is 24.4 Å². The van der Waals surface area contributed by atoms with Gasteiger partial charge in [0.15, 0.2) is 0 Å². The molecule has 1 heterocycles. The van der Waals surface area contributed by atoms with Crippen LogP contribution in [0.4, 0.5) is 0 Å². The number of aliphatic hydroxyl groups excluding tert-OH is 1. The van der Waals surface area contributed by atoms with Gasteiger partial charge in [-0.05, 0) is 53.6 Å². The molecular formula is C16H18N2O2S. The lowest BCUT2D eigenvalue weighted by atomic mass is 10.2. The van der Waals surface area contributed by atoms with Gasteiger partial charge < -0.3 is 15.2 Å². The summed E-state index contributed by atoms with van der Waals surface area (Å²) in [7, 11) is 0. The number of nitrogens with one attached hydrogen (secondary N) is 1. The quantitative estimate of drug-likeness (QED) is 0.825. The highest BCUT2D eigenvalue weighted by molar-refractivity contribution is 7.07. The van der Waals surface area contributed by atoms with Crippen LogP contribution < -0.4 is 10.1 Å². The standard InChI is InChI=1S/C16H18N2O2S/c1-12(14-6-7-21-11-14)18-9-15(19)10-20-16-4-2-13(8-17)3-5-16/h2-7,11-12,15,18-19H,9-10H2,1H3. The lowest BCUT2D eigenvalue weighted by Crippen LogP contribution is -2.32. The van der Waals surface area contributed by atoms with E-state index in [0.29, 0.717) is 17.9 Å². The van der Waals surface area contributed by atoms with Crippen LogP contribution in [0.1, 0.15) is 24.1 Å². The maximum atomic E-state index is 9.92. The fourth-order valence-corrected chi connectivity index (χ4v) is 2.58. The Hall–Kier alpha value is -1.87. The van der Waals surface area contributed by atoms with Crippen LogP contribution >= 0.6 is 11.3 Å². The van der Waals surface area contributed by atoms with E-state index in [-0.39, 0.29) is 12.6 Å². The van der Waals surface area contributed by atoms with Gasteiger partial charge in [-0.2, -0.15) is 16.6 Å². The summed E-state index contributed by atoms with van der Waals surface area (Å²) in [5, 5.41) is 26.0. The summed E-state index contributed by atoms with van der Waals surface area (Å²) in [6.45, 7) is 2.75. The van der Waals surface area contributed by atoms with Crippen LogP contribution in [0.3, 0.4) is 0 Å². The van der Waals surface area contributed by atoms with Gasteiger partial charge in [0, 0.05) is 12.6 Å². The highest BCUT2D eigenvalue weighted by Crippen LogP contribution is 2.15. The Bertz CT molecular complexity index is 575. The molecule has 0 aliphatic carbocycles. The number of hydrogen-bond acceptors (Lipinski definition) is 5. The third-order valence-corrected chi connectivity index (χ3v) is 3.83. The summed E-state index contributed by atoms with van der Waals surface area (Å²) in [4.78, 5) is 0. The van der Waals surface area contributed by atoms with E-state index in [1.54, 1.807) is 35.6 Å². The van der Waals surface area contributed by atoms with Crippen molar-refractivity contribution >= 4 is 11.3 Å². The van der Waals surface area contributed by atoms with Crippen molar-refractivity contribution in [2.24, 2.45) is 0 Å². The summed E-state index contributed by atoms with van der Waals surface area (Å²) in [6, 6.07) is 11.2. The molecule has 0 amide bonds. The Morgan fingerprint density at radius 2 is 2.10 bits per heavy atom. The third kappa shape index (κ3) is 4.87. The molecule has 0 bridgehead atoms. The topological polar surface area (TPSA) is 65.3 Å². The van der Waals surface area contributed by atoms with Crippen molar-refractivity contribution in [2.75, 3.05) is 13.2 Å². The van der Waals surface area contributed by atoms with Crippen molar-refractivity contribution in [2.45, 2.75) is 19.1 Å². The molecule has 0 aliphatic rings. The lowest BCUT2D eigenvalue weighted by molar-refractivity contribution is 0.104. The molecule has 0 saturated carbocycles. The predicted molar refractivity (Wildman–Crippen MR) is 83.4 cm³/mol. The van der Waals surface area contributed by atoms with Gasteiger partial charge in [-0.15, -0.1) is 0 Å². The normalized spacial score (nSPS) is 13.4. The van der Waals surface area contributed by atoms with E-state index < -0.39 is 6.10 Å². The molecular weight excluding hydrogens is 284 g/mol. The second-order valence-corrected chi connectivity index (χ2v) is 5.57. The van der Waals surface area contributed by atoms with Crippen LogP contribution in [0.2, 0.25) is 0 Å². The molecule has 2 unspecified atom stereocenters.